The maximum Gasteiger partial charge on any atom is 0.0481 e. The number of aryl methyl sites for hydroxylation is 2. The molecule has 0 radical (unpaired) electrons. The molecule has 1 atom stereocenters. The Kier molecular flexibility index (Phi) is 4.82. The number of hydrogen-bond donors (Lipinski definition) is 1. The normalized spacial score (nSPS) is 18.1. The van der Waals surface area contributed by atoms with Gasteiger partial charge in [-0.3, -0.25) is 4.90 Å². The SMILES string of the molecule is CCN(CC1CCC1)C(CN)c1cc(C)sc1C. The third kappa shape index (κ3) is 2.95. The summed E-state index contributed by atoms with van der Waals surface area (Å²) >= 11 is 1.90. The van der Waals surface area contributed by atoms with Gasteiger partial charge in [0.25, 0.3) is 0 Å². The average Bonchev–Trinajstić information content (AvgIpc) is 2.61. The van der Waals surface area contributed by atoms with Gasteiger partial charge in [-0.1, -0.05) is 13.3 Å². The molecule has 2 N–H and O–H groups in total. The van der Waals surface area contributed by atoms with Crippen LogP contribution in [0.3, 0.4) is 0 Å². The molecule has 0 saturated heterocycles. The molecule has 2 nitrogen and oxygen atoms in total. The van der Waals surface area contributed by atoms with E-state index in [1.165, 1.54) is 41.1 Å². The summed E-state index contributed by atoms with van der Waals surface area (Å²) in [4.78, 5) is 5.42. The Morgan fingerprint density at radius 2 is 2.17 bits per heavy atom. The highest BCUT2D eigenvalue weighted by atomic mass is 32.1. The number of nitrogens with two attached hydrogens (primary N) is 1. The van der Waals surface area contributed by atoms with Gasteiger partial charge in [-0.05, 0) is 50.8 Å². The van der Waals surface area contributed by atoms with Crippen molar-refractivity contribution in [3.05, 3.63) is 21.4 Å². The molecule has 1 fully saturated rings. The number of rotatable bonds is 6. The van der Waals surface area contributed by atoms with Crippen molar-refractivity contribution in [2.75, 3.05) is 19.6 Å². The van der Waals surface area contributed by atoms with Crippen molar-refractivity contribution in [3.8, 4) is 0 Å². The molecule has 0 spiro atoms. The van der Waals surface area contributed by atoms with Crippen molar-refractivity contribution in [2.45, 2.75) is 46.1 Å². The number of hydrogen-bond acceptors (Lipinski definition) is 3. The summed E-state index contributed by atoms with van der Waals surface area (Å²) in [5.41, 5.74) is 7.52. The van der Waals surface area contributed by atoms with Crippen molar-refractivity contribution < 1.29 is 0 Å². The van der Waals surface area contributed by atoms with E-state index < -0.39 is 0 Å². The van der Waals surface area contributed by atoms with Gasteiger partial charge in [0, 0.05) is 28.9 Å². The Hall–Kier alpha value is -0.380. The Morgan fingerprint density at radius 3 is 2.56 bits per heavy atom. The lowest BCUT2D eigenvalue weighted by molar-refractivity contribution is 0.141. The molecule has 0 amide bonds. The molecule has 1 aliphatic rings. The van der Waals surface area contributed by atoms with Crippen LogP contribution in [-0.4, -0.2) is 24.5 Å². The van der Waals surface area contributed by atoms with Gasteiger partial charge in [-0.25, -0.2) is 0 Å². The van der Waals surface area contributed by atoms with E-state index in [1.807, 2.05) is 11.3 Å². The van der Waals surface area contributed by atoms with E-state index in [0.29, 0.717) is 6.04 Å². The van der Waals surface area contributed by atoms with Crippen molar-refractivity contribution in [1.29, 1.82) is 0 Å². The van der Waals surface area contributed by atoms with E-state index >= 15 is 0 Å². The van der Waals surface area contributed by atoms with Gasteiger partial charge in [-0.2, -0.15) is 0 Å². The second-order valence-electron chi connectivity index (χ2n) is 5.50. The molecule has 1 saturated carbocycles. The van der Waals surface area contributed by atoms with E-state index in [1.54, 1.807) is 0 Å². The highest BCUT2D eigenvalue weighted by Gasteiger charge is 2.26. The average molecular weight is 266 g/mol. The van der Waals surface area contributed by atoms with Gasteiger partial charge in [0.2, 0.25) is 0 Å². The first-order chi connectivity index (χ1) is 8.65. The summed E-state index contributed by atoms with van der Waals surface area (Å²) in [7, 11) is 0. The third-order valence-electron chi connectivity index (χ3n) is 4.23. The van der Waals surface area contributed by atoms with Gasteiger partial charge in [-0.15, -0.1) is 11.3 Å². The molecule has 1 unspecified atom stereocenters. The van der Waals surface area contributed by atoms with Gasteiger partial charge >= 0.3 is 0 Å². The first-order valence-electron chi connectivity index (χ1n) is 7.16. The molecule has 1 aromatic rings. The zero-order chi connectivity index (χ0) is 13.1. The van der Waals surface area contributed by atoms with Crippen LogP contribution >= 0.6 is 11.3 Å². The fraction of sp³-hybridized carbons (Fsp3) is 0.733. The summed E-state index contributed by atoms with van der Waals surface area (Å²) < 4.78 is 0. The van der Waals surface area contributed by atoms with Crippen LogP contribution in [0.2, 0.25) is 0 Å². The summed E-state index contributed by atoms with van der Waals surface area (Å²) in [5, 5.41) is 0. The molecular formula is C15H26N2S. The smallest absolute Gasteiger partial charge is 0.0481 e. The summed E-state index contributed by atoms with van der Waals surface area (Å²) in [6.45, 7) is 9.75. The highest BCUT2D eigenvalue weighted by molar-refractivity contribution is 7.12. The summed E-state index contributed by atoms with van der Waals surface area (Å²) in [6.07, 6.45) is 4.25. The predicted molar refractivity (Wildman–Crippen MR) is 80.2 cm³/mol. The first-order valence-corrected chi connectivity index (χ1v) is 7.98. The van der Waals surface area contributed by atoms with Crippen LogP contribution < -0.4 is 5.73 Å². The van der Waals surface area contributed by atoms with Gasteiger partial charge in [0.15, 0.2) is 0 Å². The maximum absolute atomic E-state index is 6.06. The van der Waals surface area contributed by atoms with Crippen molar-refractivity contribution in [3.63, 3.8) is 0 Å². The largest absolute Gasteiger partial charge is 0.329 e. The molecule has 2 rings (SSSR count). The zero-order valence-corrected chi connectivity index (χ0v) is 12.7. The monoisotopic (exact) mass is 266 g/mol. The number of thiophene rings is 1. The van der Waals surface area contributed by atoms with Gasteiger partial charge in [0.1, 0.15) is 0 Å². The number of nitrogens with zero attached hydrogens (tertiary/aromatic N) is 1. The number of likely N-dealkylation sites (N-methyl/N-ethyl adjacent to an activating group) is 1. The Labute approximate surface area is 115 Å². The second kappa shape index (κ2) is 6.18. The molecule has 1 heterocycles. The van der Waals surface area contributed by atoms with E-state index in [0.717, 1.165) is 19.0 Å². The Morgan fingerprint density at radius 1 is 1.44 bits per heavy atom. The van der Waals surface area contributed by atoms with Crippen LogP contribution in [0.15, 0.2) is 6.07 Å². The van der Waals surface area contributed by atoms with Crippen LogP contribution in [0, 0.1) is 19.8 Å². The molecule has 0 aromatic carbocycles. The molecule has 0 bridgehead atoms. The Balaban J connectivity index is 2.11. The van der Waals surface area contributed by atoms with Gasteiger partial charge in [0.05, 0.1) is 0 Å². The highest BCUT2D eigenvalue weighted by Crippen LogP contribution is 2.33. The minimum absolute atomic E-state index is 0.417. The molecule has 0 aliphatic heterocycles. The quantitative estimate of drug-likeness (QED) is 0.854. The van der Waals surface area contributed by atoms with Crippen molar-refractivity contribution in [2.24, 2.45) is 11.7 Å². The van der Waals surface area contributed by atoms with Crippen LogP contribution in [0.5, 0.6) is 0 Å². The van der Waals surface area contributed by atoms with E-state index in [9.17, 15) is 0 Å². The van der Waals surface area contributed by atoms with E-state index in [-0.39, 0.29) is 0 Å². The fourth-order valence-electron chi connectivity index (χ4n) is 2.94. The molecular weight excluding hydrogens is 240 g/mol. The summed E-state index contributed by atoms with van der Waals surface area (Å²) in [6, 6.07) is 2.75. The van der Waals surface area contributed by atoms with Crippen LogP contribution in [0.1, 0.15) is 47.5 Å². The predicted octanol–water partition coefficient (Wildman–Crippen LogP) is 3.49. The van der Waals surface area contributed by atoms with Gasteiger partial charge < -0.3 is 5.73 Å². The molecule has 18 heavy (non-hydrogen) atoms. The van der Waals surface area contributed by atoms with Crippen LogP contribution in [0.4, 0.5) is 0 Å². The molecule has 1 aromatic heterocycles. The van der Waals surface area contributed by atoms with Crippen molar-refractivity contribution in [1.82, 2.24) is 4.90 Å². The fourth-order valence-corrected chi connectivity index (χ4v) is 3.92. The lowest BCUT2D eigenvalue weighted by Gasteiger charge is -2.36. The standard InChI is InChI=1S/C15H26N2S/c1-4-17(10-13-6-5-7-13)15(9-16)14-8-11(2)18-12(14)3/h8,13,15H,4-7,9-10,16H2,1-3H3. The first kappa shape index (κ1) is 14.0. The molecule has 1 aliphatic carbocycles. The lowest BCUT2D eigenvalue weighted by Crippen LogP contribution is -2.38. The minimum Gasteiger partial charge on any atom is -0.329 e. The Bertz CT molecular complexity index is 382. The van der Waals surface area contributed by atoms with Crippen molar-refractivity contribution >= 4 is 11.3 Å². The van der Waals surface area contributed by atoms with Crippen LogP contribution in [0.25, 0.3) is 0 Å². The van der Waals surface area contributed by atoms with Crippen LogP contribution in [-0.2, 0) is 0 Å². The second-order valence-corrected chi connectivity index (χ2v) is 6.97. The third-order valence-corrected chi connectivity index (χ3v) is 5.21. The molecule has 3 heteroatoms. The minimum atomic E-state index is 0.417. The topological polar surface area (TPSA) is 29.3 Å². The zero-order valence-electron chi connectivity index (χ0n) is 11.9. The summed E-state index contributed by atoms with van der Waals surface area (Å²) in [5.74, 6) is 0.916. The maximum atomic E-state index is 6.06. The molecule has 102 valence electrons. The van der Waals surface area contributed by atoms with E-state index in [2.05, 4.69) is 31.7 Å². The lowest BCUT2D eigenvalue weighted by atomic mass is 9.84. The van der Waals surface area contributed by atoms with E-state index in [4.69, 9.17) is 5.73 Å².